The van der Waals surface area contributed by atoms with Gasteiger partial charge in [-0.3, -0.25) is 4.98 Å². The van der Waals surface area contributed by atoms with E-state index in [0.29, 0.717) is 18.7 Å². The molecule has 0 atom stereocenters. The minimum absolute atomic E-state index is 0.00520. The van der Waals surface area contributed by atoms with Crippen molar-refractivity contribution in [3.05, 3.63) is 90.7 Å². The molecule has 11 heteroatoms. The predicted molar refractivity (Wildman–Crippen MR) is 130 cm³/mol. The molecule has 0 saturated carbocycles. The van der Waals surface area contributed by atoms with Gasteiger partial charge in [0.25, 0.3) is 10.0 Å². The summed E-state index contributed by atoms with van der Waals surface area (Å²) in [5.41, 5.74) is 3.24. The van der Waals surface area contributed by atoms with Gasteiger partial charge in [-0.2, -0.15) is 9.57 Å². The molecule has 4 rings (SSSR count). The van der Waals surface area contributed by atoms with Gasteiger partial charge in [-0.15, -0.1) is 0 Å². The molecule has 0 amide bonds. The Hall–Kier alpha value is -4.01. The number of aromatic nitrogens is 5. The lowest BCUT2D eigenvalue weighted by Crippen LogP contribution is -2.38. The molecule has 0 bridgehead atoms. The average Bonchev–Trinajstić information content (AvgIpc) is 3.49. The first kappa shape index (κ1) is 24.1. The first-order chi connectivity index (χ1) is 16.9. The Morgan fingerprint density at radius 2 is 1.71 bits per heavy atom. The first-order valence-corrected chi connectivity index (χ1v) is 12.4. The predicted octanol–water partition coefficient (Wildman–Crippen LogP) is 2.32. The van der Waals surface area contributed by atoms with Crippen LogP contribution in [0.4, 0.5) is 5.69 Å². The van der Waals surface area contributed by atoms with E-state index in [1.807, 2.05) is 23.7 Å². The van der Waals surface area contributed by atoms with E-state index in [4.69, 9.17) is 5.26 Å². The second-order valence-electron chi connectivity index (χ2n) is 8.15. The molecule has 3 heterocycles. The van der Waals surface area contributed by atoms with Crippen molar-refractivity contribution in [2.75, 3.05) is 18.0 Å². The maximum atomic E-state index is 13.5. The summed E-state index contributed by atoms with van der Waals surface area (Å²) < 4.78 is 32.0. The number of sulfonamides is 1. The molecule has 0 spiro atoms. The number of nitriles is 1. The number of hydrogen-bond acceptors (Lipinski definition) is 7. The Bertz CT molecular complexity index is 1410. The van der Waals surface area contributed by atoms with E-state index in [0.717, 1.165) is 16.9 Å². The van der Waals surface area contributed by atoms with Crippen LogP contribution in [0.5, 0.6) is 0 Å². The lowest BCUT2D eigenvalue weighted by molar-refractivity contribution is 0.406. The topological polar surface area (TPSA) is 113 Å². The molecule has 0 aliphatic heterocycles. The Balaban J connectivity index is 1.63. The Morgan fingerprint density at radius 1 is 0.971 bits per heavy atom. The standard InChI is InChI=1S/C24H26N8O2S/c1-29-17-24(28-19-29)35(33,34)32(15-21-7-9-26-10-8-21)12-11-31(16-23-14-27-18-30(23)2)22-5-3-20(13-25)4-6-22/h3-10,14,17-19H,11-12,15-16H2,1-2H3. The number of anilines is 1. The van der Waals surface area contributed by atoms with E-state index in [9.17, 15) is 8.42 Å². The van der Waals surface area contributed by atoms with Crippen LogP contribution in [0.2, 0.25) is 0 Å². The van der Waals surface area contributed by atoms with Gasteiger partial charge < -0.3 is 14.0 Å². The van der Waals surface area contributed by atoms with E-state index in [1.54, 1.807) is 60.8 Å². The zero-order chi connectivity index (χ0) is 24.8. The molecular formula is C24H26N8O2S. The summed E-state index contributed by atoms with van der Waals surface area (Å²) in [6.45, 7) is 1.34. The minimum Gasteiger partial charge on any atom is -0.364 e. The molecule has 0 aliphatic carbocycles. The molecular weight excluding hydrogens is 464 g/mol. The van der Waals surface area contributed by atoms with E-state index >= 15 is 0 Å². The molecule has 0 unspecified atom stereocenters. The van der Waals surface area contributed by atoms with Crippen molar-refractivity contribution in [1.82, 2.24) is 28.4 Å². The summed E-state index contributed by atoms with van der Waals surface area (Å²) in [5, 5.41) is 9.17. The molecule has 1 aromatic carbocycles. The summed E-state index contributed by atoms with van der Waals surface area (Å²) >= 11 is 0. The molecule has 35 heavy (non-hydrogen) atoms. The molecule has 4 aromatic rings. The molecule has 0 radical (unpaired) electrons. The third-order valence-electron chi connectivity index (χ3n) is 5.64. The van der Waals surface area contributed by atoms with Gasteiger partial charge in [-0.25, -0.2) is 18.4 Å². The van der Waals surface area contributed by atoms with Crippen LogP contribution >= 0.6 is 0 Å². The Labute approximate surface area is 204 Å². The van der Waals surface area contributed by atoms with Gasteiger partial charge in [-0.1, -0.05) is 0 Å². The van der Waals surface area contributed by atoms with Crippen LogP contribution in [-0.2, 0) is 37.2 Å². The van der Waals surface area contributed by atoms with Crippen molar-refractivity contribution in [3.63, 3.8) is 0 Å². The molecule has 0 fully saturated rings. The fourth-order valence-electron chi connectivity index (χ4n) is 3.64. The van der Waals surface area contributed by atoms with Gasteiger partial charge in [0.1, 0.15) is 0 Å². The minimum atomic E-state index is -3.84. The summed E-state index contributed by atoms with van der Waals surface area (Å²) in [5.74, 6) is 0. The summed E-state index contributed by atoms with van der Waals surface area (Å²) in [6.07, 6.45) is 9.79. The number of benzene rings is 1. The van der Waals surface area contributed by atoms with Crippen molar-refractivity contribution in [1.29, 1.82) is 5.26 Å². The zero-order valence-electron chi connectivity index (χ0n) is 19.6. The maximum Gasteiger partial charge on any atom is 0.262 e. The lowest BCUT2D eigenvalue weighted by Gasteiger charge is -2.29. The summed E-state index contributed by atoms with van der Waals surface area (Å²) in [7, 11) is -0.190. The van der Waals surface area contributed by atoms with Crippen molar-refractivity contribution >= 4 is 15.7 Å². The van der Waals surface area contributed by atoms with E-state index in [-0.39, 0.29) is 18.1 Å². The lowest BCUT2D eigenvalue weighted by atomic mass is 10.2. The molecule has 10 nitrogen and oxygen atoms in total. The number of hydrogen-bond donors (Lipinski definition) is 0. The third-order valence-corrected chi connectivity index (χ3v) is 7.37. The van der Waals surface area contributed by atoms with E-state index in [2.05, 4.69) is 25.9 Å². The van der Waals surface area contributed by atoms with Gasteiger partial charge >= 0.3 is 0 Å². The van der Waals surface area contributed by atoms with Gasteiger partial charge in [0, 0.05) is 64.2 Å². The smallest absolute Gasteiger partial charge is 0.262 e. The number of rotatable bonds is 10. The second-order valence-corrected chi connectivity index (χ2v) is 10.0. The molecule has 180 valence electrons. The fraction of sp³-hybridized carbons (Fsp3) is 0.250. The highest BCUT2D eigenvalue weighted by Crippen LogP contribution is 2.21. The van der Waals surface area contributed by atoms with Crippen molar-refractivity contribution in [2.24, 2.45) is 14.1 Å². The quantitative estimate of drug-likeness (QED) is 0.335. The number of pyridine rings is 1. The molecule has 3 aromatic heterocycles. The molecule has 0 N–H and O–H groups in total. The zero-order valence-corrected chi connectivity index (χ0v) is 20.4. The van der Waals surface area contributed by atoms with Crippen LogP contribution in [0.15, 0.2) is 78.9 Å². The Kier molecular flexibility index (Phi) is 7.24. The normalized spacial score (nSPS) is 11.5. The van der Waals surface area contributed by atoms with E-state index < -0.39 is 10.0 Å². The second kappa shape index (κ2) is 10.5. The average molecular weight is 491 g/mol. The van der Waals surface area contributed by atoms with E-state index in [1.165, 1.54) is 16.8 Å². The van der Waals surface area contributed by atoms with Crippen molar-refractivity contribution < 1.29 is 8.42 Å². The van der Waals surface area contributed by atoms with Gasteiger partial charge in [0.2, 0.25) is 0 Å². The van der Waals surface area contributed by atoms with Crippen LogP contribution in [0, 0.1) is 11.3 Å². The van der Waals surface area contributed by atoms with Crippen molar-refractivity contribution in [3.8, 4) is 6.07 Å². The molecule has 0 saturated heterocycles. The number of imidazole rings is 2. The van der Waals surface area contributed by atoms with Crippen LogP contribution in [0.1, 0.15) is 16.8 Å². The largest absolute Gasteiger partial charge is 0.364 e. The van der Waals surface area contributed by atoms with Crippen LogP contribution in [0.25, 0.3) is 0 Å². The van der Waals surface area contributed by atoms with Crippen molar-refractivity contribution in [2.45, 2.75) is 18.1 Å². The highest BCUT2D eigenvalue weighted by atomic mass is 32.2. The summed E-state index contributed by atoms with van der Waals surface area (Å²) in [6, 6.07) is 13.0. The SMILES string of the molecule is Cn1cnc(S(=O)(=O)N(CCN(Cc2cncn2C)c2ccc(C#N)cc2)Cc2ccncc2)c1. The number of aryl methyl sites for hydroxylation is 2. The monoisotopic (exact) mass is 490 g/mol. The highest BCUT2D eigenvalue weighted by molar-refractivity contribution is 7.89. The number of nitrogens with zero attached hydrogens (tertiary/aromatic N) is 8. The van der Waals surface area contributed by atoms with Crippen LogP contribution in [0.3, 0.4) is 0 Å². The molecule has 0 aliphatic rings. The fourth-order valence-corrected chi connectivity index (χ4v) is 5.03. The van der Waals surface area contributed by atoms with Crippen LogP contribution < -0.4 is 4.90 Å². The van der Waals surface area contributed by atoms with Gasteiger partial charge in [-0.05, 0) is 42.0 Å². The first-order valence-electron chi connectivity index (χ1n) is 10.9. The summed E-state index contributed by atoms with van der Waals surface area (Å²) in [4.78, 5) is 14.4. The van der Waals surface area contributed by atoms with Gasteiger partial charge in [0.15, 0.2) is 5.03 Å². The highest BCUT2D eigenvalue weighted by Gasteiger charge is 2.27. The van der Waals surface area contributed by atoms with Gasteiger partial charge in [0.05, 0.1) is 36.5 Å². The van der Waals surface area contributed by atoms with Crippen LogP contribution in [-0.4, -0.2) is 49.9 Å². The third kappa shape index (κ3) is 5.74. The maximum absolute atomic E-state index is 13.5. The Morgan fingerprint density at radius 3 is 2.31 bits per heavy atom.